The summed E-state index contributed by atoms with van der Waals surface area (Å²) in [6.45, 7) is 5.70. The molecule has 0 amide bonds. The summed E-state index contributed by atoms with van der Waals surface area (Å²) in [7, 11) is 0. The predicted molar refractivity (Wildman–Crippen MR) is 115 cm³/mol. The minimum absolute atomic E-state index is 0.115. The van der Waals surface area contributed by atoms with Gasteiger partial charge >= 0.3 is 0 Å². The minimum atomic E-state index is -0.497. The van der Waals surface area contributed by atoms with Gasteiger partial charge in [0.25, 0.3) is 0 Å². The molecule has 158 valence electrons. The molecule has 0 aromatic carbocycles. The fraction of sp³-hybridized carbons (Fsp3) is 0.750. The Labute approximate surface area is 171 Å². The van der Waals surface area contributed by atoms with Crippen molar-refractivity contribution < 1.29 is 15.3 Å². The first-order valence-corrected chi connectivity index (χ1v) is 11.0. The number of allylic oxidation sites excluding steroid dienone is 2. The molecule has 0 spiro atoms. The quantitative estimate of drug-likeness (QED) is 0.249. The van der Waals surface area contributed by atoms with Crippen molar-refractivity contribution in [3.05, 3.63) is 23.8 Å². The van der Waals surface area contributed by atoms with Crippen LogP contribution in [0.25, 0.3) is 0 Å². The van der Waals surface area contributed by atoms with Gasteiger partial charge < -0.3 is 20.6 Å². The zero-order valence-corrected chi connectivity index (χ0v) is 17.6. The van der Waals surface area contributed by atoms with Crippen LogP contribution in [0.5, 0.6) is 0 Å². The molecule has 2 rings (SSSR count). The van der Waals surface area contributed by atoms with Crippen molar-refractivity contribution in [1.29, 1.82) is 0 Å². The van der Waals surface area contributed by atoms with Crippen LogP contribution in [0.1, 0.15) is 58.8 Å². The molecule has 6 atom stereocenters. The van der Waals surface area contributed by atoms with E-state index in [1.807, 2.05) is 19.9 Å². The summed E-state index contributed by atoms with van der Waals surface area (Å²) in [5, 5.41) is 32.8. The van der Waals surface area contributed by atoms with Crippen LogP contribution in [0.15, 0.2) is 23.8 Å². The normalized spacial score (nSPS) is 30.4. The van der Waals surface area contributed by atoms with Gasteiger partial charge in [-0.25, -0.2) is 0 Å². The number of aliphatic hydroxyl groups excluding tert-OH is 3. The highest BCUT2D eigenvalue weighted by molar-refractivity contribution is 5.18. The summed E-state index contributed by atoms with van der Waals surface area (Å²) >= 11 is 0. The van der Waals surface area contributed by atoms with E-state index in [2.05, 4.69) is 29.3 Å². The van der Waals surface area contributed by atoms with E-state index in [-0.39, 0.29) is 24.5 Å². The van der Waals surface area contributed by atoms with Crippen LogP contribution in [0.3, 0.4) is 0 Å². The predicted octanol–water partition coefficient (Wildman–Crippen LogP) is 3.04. The molecular weight excluding hydrogens is 350 g/mol. The lowest BCUT2D eigenvalue weighted by atomic mass is 9.89. The summed E-state index contributed by atoms with van der Waals surface area (Å²) in [5.41, 5.74) is 1.55. The van der Waals surface area contributed by atoms with Gasteiger partial charge in [0.15, 0.2) is 0 Å². The number of unbranched alkanes of at least 4 members (excludes halogenated alkanes) is 2. The average molecular weight is 390 g/mol. The van der Waals surface area contributed by atoms with E-state index in [0.29, 0.717) is 24.8 Å². The molecule has 2 aliphatic carbocycles. The molecule has 4 nitrogen and oxygen atoms in total. The van der Waals surface area contributed by atoms with Gasteiger partial charge in [0.1, 0.15) is 0 Å². The lowest BCUT2D eigenvalue weighted by Gasteiger charge is -2.19. The molecule has 4 heteroatoms. The SMILES string of the molecule is CC#CC[C@@H](C)[C@H](O)/C=C/[C@@H]1[C@H]2C/C(=C/CCCCNCCO)C[C@H]2C[C@H]1O. The van der Waals surface area contributed by atoms with E-state index < -0.39 is 6.10 Å². The van der Waals surface area contributed by atoms with Crippen molar-refractivity contribution >= 4 is 0 Å². The Morgan fingerprint density at radius 2 is 2.07 bits per heavy atom. The fourth-order valence-electron chi connectivity index (χ4n) is 4.66. The van der Waals surface area contributed by atoms with Gasteiger partial charge in [0.2, 0.25) is 0 Å². The summed E-state index contributed by atoms with van der Waals surface area (Å²) in [6, 6.07) is 0. The third-order valence-electron chi connectivity index (χ3n) is 6.35. The van der Waals surface area contributed by atoms with Gasteiger partial charge in [-0.05, 0) is 69.7 Å². The Balaban J connectivity index is 1.79. The second-order valence-corrected chi connectivity index (χ2v) is 8.53. The van der Waals surface area contributed by atoms with E-state index in [1.54, 1.807) is 5.57 Å². The van der Waals surface area contributed by atoms with Crippen LogP contribution in [-0.2, 0) is 0 Å². The van der Waals surface area contributed by atoms with Crippen LogP contribution < -0.4 is 5.32 Å². The topological polar surface area (TPSA) is 72.7 Å². The molecule has 0 unspecified atom stereocenters. The van der Waals surface area contributed by atoms with Crippen LogP contribution in [0, 0.1) is 35.5 Å². The standard InChI is InChI=1S/C24H39NO3/c1-3-4-8-18(2)23(27)11-10-21-22-16-19(15-20(22)17-24(21)28)9-6-5-7-12-25-13-14-26/h9-11,18,20-28H,5-8,12-17H2,1-2H3/b11-10+,19-9+/t18-,20+,21-,22+,23-,24-/m1/s1. The first-order chi connectivity index (χ1) is 13.6. The molecule has 0 heterocycles. The van der Waals surface area contributed by atoms with E-state index >= 15 is 0 Å². The van der Waals surface area contributed by atoms with Crippen LogP contribution >= 0.6 is 0 Å². The maximum Gasteiger partial charge on any atom is 0.0755 e. The van der Waals surface area contributed by atoms with Gasteiger partial charge in [-0.15, -0.1) is 11.8 Å². The number of hydrogen-bond donors (Lipinski definition) is 4. The monoisotopic (exact) mass is 389 g/mol. The van der Waals surface area contributed by atoms with Crippen LogP contribution in [0.4, 0.5) is 0 Å². The summed E-state index contributed by atoms with van der Waals surface area (Å²) < 4.78 is 0. The average Bonchev–Trinajstić information content (AvgIpc) is 3.19. The van der Waals surface area contributed by atoms with Gasteiger partial charge in [0, 0.05) is 18.9 Å². The first-order valence-electron chi connectivity index (χ1n) is 11.0. The second-order valence-electron chi connectivity index (χ2n) is 8.53. The lowest BCUT2D eigenvalue weighted by molar-refractivity contribution is 0.137. The Morgan fingerprint density at radius 1 is 1.25 bits per heavy atom. The highest BCUT2D eigenvalue weighted by Crippen LogP contribution is 2.50. The molecule has 0 radical (unpaired) electrons. The molecule has 2 saturated carbocycles. The zero-order valence-electron chi connectivity index (χ0n) is 17.6. The lowest BCUT2D eigenvalue weighted by Crippen LogP contribution is -2.19. The maximum atomic E-state index is 10.5. The first kappa shape index (κ1) is 23.2. The smallest absolute Gasteiger partial charge is 0.0755 e. The van der Waals surface area contributed by atoms with E-state index in [4.69, 9.17) is 5.11 Å². The molecule has 2 fully saturated rings. The Bertz CT molecular complexity index is 574. The Morgan fingerprint density at radius 3 is 2.82 bits per heavy atom. The Hall–Kier alpha value is -1.12. The number of rotatable bonds is 11. The summed E-state index contributed by atoms with van der Waals surface area (Å²) in [6.07, 6.45) is 12.8. The van der Waals surface area contributed by atoms with Crippen molar-refractivity contribution in [2.24, 2.45) is 23.7 Å². The molecule has 4 N–H and O–H groups in total. The third-order valence-corrected chi connectivity index (χ3v) is 6.35. The number of hydrogen-bond acceptors (Lipinski definition) is 4. The van der Waals surface area contributed by atoms with Crippen molar-refractivity contribution in [2.45, 2.75) is 71.0 Å². The van der Waals surface area contributed by atoms with Crippen molar-refractivity contribution in [3.63, 3.8) is 0 Å². The molecule has 28 heavy (non-hydrogen) atoms. The number of fused-ring (bicyclic) bond motifs is 1. The third kappa shape index (κ3) is 7.04. The van der Waals surface area contributed by atoms with E-state index in [0.717, 1.165) is 38.6 Å². The van der Waals surface area contributed by atoms with Gasteiger partial charge in [-0.3, -0.25) is 0 Å². The minimum Gasteiger partial charge on any atom is -0.395 e. The maximum absolute atomic E-state index is 10.5. The molecule has 0 aliphatic heterocycles. The van der Waals surface area contributed by atoms with Crippen molar-refractivity contribution in [1.82, 2.24) is 5.32 Å². The molecule has 0 saturated heterocycles. The number of nitrogens with one attached hydrogen (secondary N) is 1. The molecule has 0 bridgehead atoms. The highest BCUT2D eigenvalue weighted by Gasteiger charge is 2.44. The van der Waals surface area contributed by atoms with Crippen molar-refractivity contribution in [2.75, 3.05) is 19.7 Å². The van der Waals surface area contributed by atoms with E-state index in [9.17, 15) is 10.2 Å². The molecular formula is C24H39NO3. The van der Waals surface area contributed by atoms with E-state index in [1.165, 1.54) is 6.42 Å². The Kier molecular flexibility index (Phi) is 10.3. The zero-order chi connectivity index (χ0) is 20.4. The van der Waals surface area contributed by atoms with Crippen LogP contribution in [-0.4, -0.2) is 47.2 Å². The molecule has 2 aliphatic rings. The van der Waals surface area contributed by atoms with Gasteiger partial charge in [0.05, 0.1) is 18.8 Å². The highest BCUT2D eigenvalue weighted by atomic mass is 16.3. The largest absolute Gasteiger partial charge is 0.395 e. The summed E-state index contributed by atoms with van der Waals surface area (Å²) in [5.74, 6) is 7.29. The van der Waals surface area contributed by atoms with Crippen LogP contribution in [0.2, 0.25) is 0 Å². The number of aliphatic hydroxyl groups is 3. The summed E-state index contributed by atoms with van der Waals surface area (Å²) in [4.78, 5) is 0. The second kappa shape index (κ2) is 12.4. The van der Waals surface area contributed by atoms with Gasteiger partial charge in [-0.1, -0.05) is 30.7 Å². The fourth-order valence-corrected chi connectivity index (χ4v) is 4.66. The van der Waals surface area contributed by atoms with Crippen molar-refractivity contribution in [3.8, 4) is 11.8 Å². The van der Waals surface area contributed by atoms with Gasteiger partial charge in [-0.2, -0.15) is 0 Å². The molecule has 0 aromatic rings. The molecule has 0 aromatic heterocycles.